The van der Waals surface area contributed by atoms with Crippen LogP contribution in [0, 0.1) is 0 Å². The summed E-state index contributed by atoms with van der Waals surface area (Å²) in [6, 6.07) is 0.112. The van der Waals surface area contributed by atoms with Crippen molar-refractivity contribution in [3.8, 4) is 0 Å². The lowest BCUT2D eigenvalue weighted by Crippen LogP contribution is -2.48. The Labute approximate surface area is 139 Å². The van der Waals surface area contributed by atoms with E-state index in [2.05, 4.69) is 15.0 Å². The van der Waals surface area contributed by atoms with E-state index < -0.39 is 12.8 Å². The number of likely N-dealkylation sites (tertiary alicyclic amines) is 1. The Hall–Kier alpha value is -1.71. The Morgan fingerprint density at radius 2 is 2.04 bits per heavy atom. The molecule has 10 heteroatoms. The molecule has 1 rings (SSSR count). The molecule has 1 saturated heterocycles. The number of nitrogens with zero attached hydrogens (tertiary/aromatic N) is 2. The summed E-state index contributed by atoms with van der Waals surface area (Å²) in [7, 11) is 0. The molecule has 0 aromatic rings. The maximum atomic E-state index is 11.9. The van der Waals surface area contributed by atoms with Crippen molar-refractivity contribution in [1.29, 1.82) is 0 Å². The van der Waals surface area contributed by atoms with Crippen molar-refractivity contribution >= 4 is 12.1 Å². The van der Waals surface area contributed by atoms with E-state index in [-0.39, 0.29) is 24.7 Å². The lowest BCUT2D eigenvalue weighted by atomic mass is 10.1. The molecule has 140 valence electrons. The summed E-state index contributed by atoms with van der Waals surface area (Å²) < 4.78 is 45.0. The van der Waals surface area contributed by atoms with Gasteiger partial charge in [-0.2, -0.15) is 13.2 Å². The number of aliphatic imine (C=N–C) groups is 1. The van der Waals surface area contributed by atoms with Gasteiger partial charge in [-0.05, 0) is 26.2 Å². The zero-order valence-corrected chi connectivity index (χ0v) is 13.8. The van der Waals surface area contributed by atoms with E-state index in [9.17, 15) is 18.0 Å². The Kier molecular flexibility index (Phi) is 8.66. The molecular weight excluding hydrogens is 329 g/mol. The van der Waals surface area contributed by atoms with Gasteiger partial charge in [0.1, 0.15) is 6.61 Å². The first-order chi connectivity index (χ1) is 11.3. The lowest BCUT2D eigenvalue weighted by molar-refractivity contribution is -0.173. The van der Waals surface area contributed by atoms with Crippen LogP contribution >= 0.6 is 0 Å². The summed E-state index contributed by atoms with van der Waals surface area (Å²) in [6.45, 7) is 2.29. The number of ether oxygens (including phenoxy) is 2. The molecule has 0 aliphatic carbocycles. The van der Waals surface area contributed by atoms with Gasteiger partial charge in [0.2, 0.25) is 0 Å². The second kappa shape index (κ2) is 10.2. The summed E-state index contributed by atoms with van der Waals surface area (Å²) in [4.78, 5) is 17.3. The molecule has 0 spiro atoms. The van der Waals surface area contributed by atoms with Crippen molar-refractivity contribution in [3.05, 3.63) is 0 Å². The Morgan fingerprint density at radius 1 is 1.38 bits per heavy atom. The van der Waals surface area contributed by atoms with E-state index in [1.54, 1.807) is 11.8 Å². The maximum Gasteiger partial charge on any atom is 0.411 e. The molecule has 1 aliphatic heterocycles. The predicted molar refractivity (Wildman–Crippen MR) is 82.7 cm³/mol. The number of alkyl halides is 3. The number of nitrogens with one attached hydrogen (secondary N) is 1. The van der Waals surface area contributed by atoms with E-state index in [1.807, 2.05) is 0 Å². The summed E-state index contributed by atoms with van der Waals surface area (Å²) >= 11 is 0. The molecule has 0 bridgehead atoms. The zero-order valence-electron chi connectivity index (χ0n) is 13.8. The van der Waals surface area contributed by atoms with Gasteiger partial charge in [0.05, 0.1) is 6.61 Å². The molecule has 1 aliphatic rings. The molecule has 0 aromatic carbocycles. The van der Waals surface area contributed by atoms with Gasteiger partial charge in [-0.25, -0.2) is 4.79 Å². The number of piperidine rings is 1. The van der Waals surface area contributed by atoms with E-state index in [0.29, 0.717) is 32.7 Å². The minimum atomic E-state index is -4.30. The predicted octanol–water partition coefficient (Wildman–Crippen LogP) is 1.48. The number of hydrogen-bond donors (Lipinski definition) is 2. The first-order valence-corrected chi connectivity index (χ1v) is 7.94. The van der Waals surface area contributed by atoms with Crippen LogP contribution in [0.1, 0.15) is 26.2 Å². The molecule has 7 nitrogen and oxygen atoms in total. The highest BCUT2D eigenvalue weighted by Crippen LogP contribution is 2.14. The second-order valence-electron chi connectivity index (χ2n) is 5.39. The van der Waals surface area contributed by atoms with Crippen LogP contribution in [0.25, 0.3) is 0 Å². The third-order valence-electron chi connectivity index (χ3n) is 3.37. The minimum Gasteiger partial charge on any atom is -0.450 e. The average Bonchev–Trinajstić information content (AvgIpc) is 2.50. The van der Waals surface area contributed by atoms with Crippen molar-refractivity contribution < 1.29 is 27.4 Å². The number of rotatable bonds is 7. The van der Waals surface area contributed by atoms with E-state index in [4.69, 9.17) is 10.5 Å². The van der Waals surface area contributed by atoms with Gasteiger partial charge in [0.25, 0.3) is 0 Å². The Morgan fingerprint density at radius 3 is 2.62 bits per heavy atom. The number of amides is 1. The smallest absolute Gasteiger partial charge is 0.411 e. The third kappa shape index (κ3) is 8.80. The van der Waals surface area contributed by atoms with Crippen LogP contribution in [0.2, 0.25) is 0 Å². The summed E-state index contributed by atoms with van der Waals surface area (Å²) in [6.07, 6.45) is -2.80. The fourth-order valence-corrected chi connectivity index (χ4v) is 2.23. The molecular formula is C14H25F3N4O3. The largest absolute Gasteiger partial charge is 0.450 e. The van der Waals surface area contributed by atoms with Crippen LogP contribution < -0.4 is 11.1 Å². The number of hydrogen-bond acceptors (Lipinski definition) is 4. The van der Waals surface area contributed by atoms with Crippen molar-refractivity contribution in [1.82, 2.24) is 10.2 Å². The van der Waals surface area contributed by atoms with Gasteiger partial charge < -0.3 is 25.4 Å². The van der Waals surface area contributed by atoms with Gasteiger partial charge in [-0.15, -0.1) is 0 Å². The van der Waals surface area contributed by atoms with Crippen LogP contribution in [-0.2, 0) is 9.47 Å². The molecule has 24 heavy (non-hydrogen) atoms. The van der Waals surface area contributed by atoms with E-state index >= 15 is 0 Å². The van der Waals surface area contributed by atoms with Crippen LogP contribution in [-0.4, -0.2) is 68.6 Å². The van der Waals surface area contributed by atoms with Crippen molar-refractivity contribution in [3.63, 3.8) is 0 Å². The zero-order chi connectivity index (χ0) is 18.0. The molecule has 1 heterocycles. The summed E-state index contributed by atoms with van der Waals surface area (Å²) in [5.74, 6) is 0.250. The number of nitrogens with two attached hydrogens (primary N) is 1. The van der Waals surface area contributed by atoms with Crippen molar-refractivity contribution in [2.45, 2.75) is 38.4 Å². The highest BCUT2D eigenvalue weighted by atomic mass is 19.4. The lowest BCUT2D eigenvalue weighted by Gasteiger charge is -2.31. The first kappa shape index (κ1) is 20.3. The van der Waals surface area contributed by atoms with E-state index in [1.165, 1.54) is 0 Å². The van der Waals surface area contributed by atoms with Crippen molar-refractivity contribution in [2.75, 3.05) is 39.5 Å². The third-order valence-corrected chi connectivity index (χ3v) is 3.37. The normalized spacial score (nSPS) is 17.0. The number of halogens is 3. The molecule has 0 saturated carbocycles. The summed E-state index contributed by atoms with van der Waals surface area (Å²) in [5.41, 5.74) is 5.74. The number of guanidine groups is 1. The highest BCUT2D eigenvalue weighted by molar-refractivity contribution is 5.78. The highest BCUT2D eigenvalue weighted by Gasteiger charge is 2.27. The van der Waals surface area contributed by atoms with Gasteiger partial charge in [0, 0.05) is 32.3 Å². The topological polar surface area (TPSA) is 89.2 Å². The fraction of sp³-hybridized carbons (Fsp3) is 0.857. The van der Waals surface area contributed by atoms with Gasteiger partial charge in [0.15, 0.2) is 5.96 Å². The monoisotopic (exact) mass is 354 g/mol. The molecule has 0 aromatic heterocycles. The quantitative estimate of drug-likeness (QED) is 0.411. The van der Waals surface area contributed by atoms with Gasteiger partial charge in [-0.3, -0.25) is 4.99 Å². The number of carbonyl (C=O) groups is 1. The SMILES string of the molecule is CCOC(=O)N1CCC(NC(N)=NCCCOCC(F)(F)F)CC1. The van der Waals surface area contributed by atoms with Gasteiger partial charge >= 0.3 is 12.3 Å². The Bertz CT molecular complexity index is 411. The summed E-state index contributed by atoms with van der Waals surface area (Å²) in [5, 5.41) is 3.05. The van der Waals surface area contributed by atoms with E-state index in [0.717, 1.165) is 12.8 Å². The molecule has 0 radical (unpaired) electrons. The molecule has 0 atom stereocenters. The number of carbonyl (C=O) groups excluding carboxylic acids is 1. The molecule has 1 amide bonds. The van der Waals surface area contributed by atoms with Crippen LogP contribution in [0.5, 0.6) is 0 Å². The molecule has 1 fully saturated rings. The van der Waals surface area contributed by atoms with Crippen molar-refractivity contribution in [2.24, 2.45) is 10.7 Å². The van der Waals surface area contributed by atoms with Gasteiger partial charge in [-0.1, -0.05) is 0 Å². The maximum absolute atomic E-state index is 11.9. The Balaban J connectivity index is 2.15. The molecule has 3 N–H and O–H groups in total. The van der Waals surface area contributed by atoms with Crippen LogP contribution in [0.4, 0.5) is 18.0 Å². The second-order valence-corrected chi connectivity index (χ2v) is 5.39. The standard InChI is InChI=1S/C14H25F3N4O3/c1-2-24-13(22)21-7-4-11(5-8-21)20-12(18)19-6-3-9-23-10-14(15,16)17/h11H,2-10H2,1H3,(H3,18,19,20). The first-order valence-electron chi connectivity index (χ1n) is 7.94. The molecule has 0 unspecified atom stereocenters. The van der Waals surface area contributed by atoms with Crippen LogP contribution in [0.3, 0.4) is 0 Å². The minimum absolute atomic E-state index is 0.0196. The van der Waals surface area contributed by atoms with Crippen LogP contribution in [0.15, 0.2) is 4.99 Å². The fourth-order valence-electron chi connectivity index (χ4n) is 2.23. The average molecular weight is 354 g/mol.